The van der Waals surface area contributed by atoms with E-state index in [0.717, 1.165) is 12.8 Å². The average Bonchev–Trinajstić information content (AvgIpc) is 3.00. The Balaban J connectivity index is 1.50. The van der Waals surface area contributed by atoms with Crippen LogP contribution in [0.4, 0.5) is 0 Å². The first-order chi connectivity index (χ1) is 11.1. The zero-order valence-electron chi connectivity index (χ0n) is 12.7. The smallest absolute Gasteiger partial charge is 0.207 e. The first kappa shape index (κ1) is 14.2. The van der Waals surface area contributed by atoms with Crippen molar-refractivity contribution >= 4 is 21.4 Å². The van der Waals surface area contributed by atoms with E-state index in [0.29, 0.717) is 27.9 Å². The minimum atomic E-state index is -3.38. The van der Waals surface area contributed by atoms with Crippen molar-refractivity contribution in [3.05, 3.63) is 52.9 Å². The Bertz CT molecular complexity index is 842. The van der Waals surface area contributed by atoms with Crippen molar-refractivity contribution < 1.29 is 8.42 Å². The van der Waals surface area contributed by atoms with Gasteiger partial charge in [-0.3, -0.25) is 0 Å². The zero-order chi connectivity index (χ0) is 15.6. The summed E-state index contributed by atoms with van der Waals surface area (Å²) in [7, 11) is -3.38. The summed E-state index contributed by atoms with van der Waals surface area (Å²) < 4.78 is 28.9. The molecule has 5 unspecified atom stereocenters. The standard InChI is InChI=1S/C18H19NO2S2/c20-23(21,15-6-3-9-22-15)19-18-12-7-8-14-16(17(14)18)13-5-2-1-4-11(13)10-12/h1-6,9,12,14,16-19H,7-8,10H2. The lowest BCUT2D eigenvalue weighted by Crippen LogP contribution is -2.44. The topological polar surface area (TPSA) is 46.2 Å². The number of nitrogens with one attached hydrogen (secondary N) is 1. The van der Waals surface area contributed by atoms with Crippen LogP contribution in [0.2, 0.25) is 0 Å². The second-order valence-electron chi connectivity index (χ2n) is 7.09. The summed E-state index contributed by atoms with van der Waals surface area (Å²) in [5, 5.41) is 1.82. The summed E-state index contributed by atoms with van der Waals surface area (Å²) in [6, 6.07) is 12.3. The van der Waals surface area contributed by atoms with Gasteiger partial charge in [-0.1, -0.05) is 30.3 Å². The Morgan fingerprint density at radius 1 is 1.09 bits per heavy atom. The predicted octanol–water partition coefficient (Wildman–Crippen LogP) is 3.39. The molecule has 5 atom stereocenters. The molecule has 120 valence electrons. The first-order valence-corrected chi connectivity index (χ1v) is 10.6. The molecule has 0 amide bonds. The number of rotatable bonds is 3. The van der Waals surface area contributed by atoms with E-state index in [1.54, 1.807) is 12.1 Å². The van der Waals surface area contributed by atoms with Gasteiger partial charge in [-0.15, -0.1) is 11.3 Å². The van der Waals surface area contributed by atoms with Gasteiger partial charge in [0.05, 0.1) is 0 Å². The van der Waals surface area contributed by atoms with Crippen LogP contribution in [-0.4, -0.2) is 14.5 Å². The van der Waals surface area contributed by atoms with Gasteiger partial charge < -0.3 is 0 Å². The molecule has 3 nitrogen and oxygen atoms in total. The van der Waals surface area contributed by atoms with Crippen LogP contribution in [0.5, 0.6) is 0 Å². The number of hydrogen-bond donors (Lipinski definition) is 1. The van der Waals surface area contributed by atoms with Gasteiger partial charge in [0.15, 0.2) is 0 Å². The summed E-state index contributed by atoms with van der Waals surface area (Å²) in [5.74, 6) is 2.16. The van der Waals surface area contributed by atoms with Gasteiger partial charge in [0, 0.05) is 6.04 Å². The lowest BCUT2D eigenvalue weighted by molar-refractivity contribution is 0.274. The summed E-state index contributed by atoms with van der Waals surface area (Å²) in [6.45, 7) is 0. The summed E-state index contributed by atoms with van der Waals surface area (Å²) >= 11 is 1.30. The second kappa shape index (κ2) is 4.91. The fourth-order valence-electron chi connectivity index (χ4n) is 4.99. The maximum absolute atomic E-state index is 12.7. The molecule has 1 aromatic heterocycles. The van der Waals surface area contributed by atoms with Crippen molar-refractivity contribution in [3.63, 3.8) is 0 Å². The number of thiophene rings is 1. The van der Waals surface area contributed by atoms with Gasteiger partial charge in [-0.25, -0.2) is 13.1 Å². The number of sulfonamides is 1. The highest BCUT2D eigenvalue weighted by Crippen LogP contribution is 2.65. The molecule has 3 aliphatic rings. The van der Waals surface area contributed by atoms with E-state index >= 15 is 0 Å². The minimum Gasteiger partial charge on any atom is -0.207 e. The third kappa shape index (κ3) is 2.13. The molecule has 0 aliphatic heterocycles. The molecule has 2 fully saturated rings. The average molecular weight is 345 g/mol. The zero-order valence-corrected chi connectivity index (χ0v) is 14.3. The Kier molecular flexibility index (Phi) is 3.03. The largest absolute Gasteiger partial charge is 0.250 e. The van der Waals surface area contributed by atoms with Crippen LogP contribution in [0.15, 0.2) is 46.0 Å². The van der Waals surface area contributed by atoms with E-state index in [-0.39, 0.29) is 6.04 Å². The fourth-order valence-corrected chi connectivity index (χ4v) is 7.33. The second-order valence-corrected chi connectivity index (χ2v) is 9.98. The molecule has 3 aliphatic carbocycles. The van der Waals surface area contributed by atoms with Crippen LogP contribution in [0.1, 0.15) is 29.9 Å². The Morgan fingerprint density at radius 3 is 2.78 bits per heavy atom. The molecule has 2 bridgehead atoms. The molecule has 1 N–H and O–H groups in total. The fraction of sp³-hybridized carbons (Fsp3) is 0.444. The first-order valence-electron chi connectivity index (χ1n) is 8.29. The number of benzene rings is 1. The quantitative estimate of drug-likeness (QED) is 0.927. The van der Waals surface area contributed by atoms with Gasteiger partial charge in [0.25, 0.3) is 0 Å². The predicted molar refractivity (Wildman–Crippen MR) is 91.0 cm³/mol. The van der Waals surface area contributed by atoms with Crippen LogP contribution in [0.25, 0.3) is 0 Å². The molecule has 0 spiro atoms. The van der Waals surface area contributed by atoms with Crippen molar-refractivity contribution in [1.29, 1.82) is 0 Å². The normalized spacial score (nSPS) is 34.5. The molecule has 1 heterocycles. The van der Waals surface area contributed by atoms with Gasteiger partial charge in [-0.2, -0.15) is 0 Å². The van der Waals surface area contributed by atoms with E-state index in [1.807, 2.05) is 5.38 Å². The van der Waals surface area contributed by atoms with E-state index in [2.05, 4.69) is 29.0 Å². The van der Waals surface area contributed by atoms with Crippen LogP contribution in [0, 0.1) is 17.8 Å². The van der Waals surface area contributed by atoms with Gasteiger partial charge in [0.2, 0.25) is 10.0 Å². The van der Waals surface area contributed by atoms with E-state index < -0.39 is 10.0 Å². The molecule has 0 saturated heterocycles. The molecular weight excluding hydrogens is 326 g/mol. The van der Waals surface area contributed by atoms with Crippen LogP contribution in [0.3, 0.4) is 0 Å². The molecule has 2 aromatic rings. The van der Waals surface area contributed by atoms with Crippen molar-refractivity contribution in [2.24, 2.45) is 17.8 Å². The summed E-state index contributed by atoms with van der Waals surface area (Å²) in [4.78, 5) is 0. The Morgan fingerprint density at radius 2 is 1.96 bits per heavy atom. The van der Waals surface area contributed by atoms with Crippen LogP contribution >= 0.6 is 11.3 Å². The Hall–Kier alpha value is -1.17. The maximum atomic E-state index is 12.7. The molecule has 2 saturated carbocycles. The molecular formula is C18H19NO2S2. The molecule has 5 heteroatoms. The monoisotopic (exact) mass is 345 g/mol. The minimum absolute atomic E-state index is 0.0956. The molecule has 1 aromatic carbocycles. The SMILES string of the molecule is O=S(=O)(NC1C2CCC3C(c4ccccc4C2)C31)c1cccs1. The summed E-state index contributed by atoms with van der Waals surface area (Å²) in [6.07, 6.45) is 3.41. The summed E-state index contributed by atoms with van der Waals surface area (Å²) in [5.41, 5.74) is 2.91. The van der Waals surface area contributed by atoms with E-state index in [4.69, 9.17) is 0 Å². The van der Waals surface area contributed by atoms with Crippen molar-refractivity contribution in [2.45, 2.75) is 35.4 Å². The molecule has 0 radical (unpaired) electrons. The number of fused-ring (bicyclic) bond motifs is 4. The molecule has 5 rings (SSSR count). The number of hydrogen-bond acceptors (Lipinski definition) is 3. The van der Waals surface area contributed by atoms with Crippen LogP contribution < -0.4 is 4.72 Å². The highest BCUT2D eigenvalue weighted by atomic mass is 32.2. The van der Waals surface area contributed by atoms with Gasteiger partial charge in [0.1, 0.15) is 4.21 Å². The van der Waals surface area contributed by atoms with E-state index in [1.165, 1.54) is 28.9 Å². The highest BCUT2D eigenvalue weighted by molar-refractivity contribution is 7.91. The lowest BCUT2D eigenvalue weighted by Gasteiger charge is -2.31. The van der Waals surface area contributed by atoms with Crippen molar-refractivity contribution in [2.75, 3.05) is 0 Å². The third-order valence-corrected chi connectivity index (χ3v) is 8.83. The third-order valence-electron chi connectivity index (χ3n) is 5.97. The van der Waals surface area contributed by atoms with E-state index in [9.17, 15) is 8.42 Å². The molecule has 23 heavy (non-hydrogen) atoms. The lowest BCUT2D eigenvalue weighted by atomic mass is 9.81. The van der Waals surface area contributed by atoms with Gasteiger partial charge >= 0.3 is 0 Å². The Labute approximate surface area is 140 Å². The van der Waals surface area contributed by atoms with Gasteiger partial charge in [-0.05, 0) is 65.5 Å². The maximum Gasteiger partial charge on any atom is 0.250 e. The highest BCUT2D eigenvalue weighted by Gasteiger charge is 2.61. The van der Waals surface area contributed by atoms with Crippen molar-refractivity contribution in [1.82, 2.24) is 4.72 Å². The van der Waals surface area contributed by atoms with Crippen molar-refractivity contribution in [3.8, 4) is 0 Å². The van der Waals surface area contributed by atoms with Crippen LogP contribution in [-0.2, 0) is 16.4 Å².